The average Bonchev–Trinajstić information content (AvgIpc) is 2.69. The lowest BCUT2D eigenvalue weighted by Gasteiger charge is -2.46. The van der Waals surface area contributed by atoms with Gasteiger partial charge in [0.2, 0.25) is 0 Å². The van der Waals surface area contributed by atoms with Crippen LogP contribution in [0.3, 0.4) is 0 Å². The van der Waals surface area contributed by atoms with Crippen LogP contribution in [0.5, 0.6) is 0 Å². The molecule has 0 saturated carbocycles. The maximum absolute atomic E-state index is 6.54. The number of benzene rings is 1. The van der Waals surface area contributed by atoms with Crippen LogP contribution in [0.4, 0.5) is 0 Å². The molecule has 2 unspecified atom stereocenters. The number of morpholine rings is 1. The Bertz CT molecular complexity index is 427. The Balaban J connectivity index is 1.98. The van der Waals surface area contributed by atoms with Crippen molar-refractivity contribution in [2.75, 3.05) is 13.1 Å². The second-order valence-corrected chi connectivity index (χ2v) is 5.66. The Kier molecular flexibility index (Phi) is 2.53. The second kappa shape index (κ2) is 3.82. The predicted octanol–water partition coefficient (Wildman–Crippen LogP) is 2.62. The summed E-state index contributed by atoms with van der Waals surface area (Å²) >= 11 is 0. The van der Waals surface area contributed by atoms with Crippen molar-refractivity contribution in [3.05, 3.63) is 35.4 Å². The maximum atomic E-state index is 6.54. The van der Waals surface area contributed by atoms with Gasteiger partial charge in [-0.25, -0.2) is 0 Å². The molecule has 2 nitrogen and oxygen atoms in total. The number of ether oxygens (including phenoxy) is 1. The fourth-order valence-corrected chi connectivity index (χ4v) is 3.21. The lowest BCUT2D eigenvalue weighted by atomic mass is 9.90. The van der Waals surface area contributed by atoms with E-state index in [1.165, 1.54) is 11.1 Å². The van der Waals surface area contributed by atoms with E-state index in [0.717, 1.165) is 32.4 Å². The molecule has 1 aromatic carbocycles. The highest BCUT2D eigenvalue weighted by molar-refractivity contribution is 5.38. The molecule has 1 aromatic rings. The molecular weight excluding hydrogens is 210 g/mol. The third-order valence-corrected chi connectivity index (χ3v) is 4.41. The largest absolute Gasteiger partial charge is 0.361 e. The fraction of sp³-hybridized carbons (Fsp3) is 0.600. The zero-order valence-corrected chi connectivity index (χ0v) is 10.8. The topological polar surface area (TPSA) is 21.3 Å². The summed E-state index contributed by atoms with van der Waals surface area (Å²) in [6.07, 6.45) is 3.33. The molecule has 1 aliphatic carbocycles. The Morgan fingerprint density at radius 3 is 2.94 bits per heavy atom. The van der Waals surface area contributed by atoms with Crippen molar-refractivity contribution in [1.82, 2.24) is 5.32 Å². The molecule has 0 bridgehead atoms. The van der Waals surface area contributed by atoms with E-state index in [0.29, 0.717) is 0 Å². The van der Waals surface area contributed by atoms with Crippen LogP contribution in [0, 0.1) is 0 Å². The SMILES string of the molecule is CCC1(C)CNCC2(CCc3ccccc32)O1. The smallest absolute Gasteiger partial charge is 0.107 e. The third-order valence-electron chi connectivity index (χ3n) is 4.41. The quantitative estimate of drug-likeness (QED) is 0.802. The summed E-state index contributed by atoms with van der Waals surface area (Å²) in [6.45, 7) is 6.36. The first kappa shape index (κ1) is 11.2. The minimum absolute atomic E-state index is 0.0182. The molecular formula is C15H21NO. The summed E-state index contributed by atoms with van der Waals surface area (Å²) in [5.74, 6) is 0. The van der Waals surface area contributed by atoms with E-state index in [2.05, 4.69) is 43.4 Å². The molecule has 1 spiro atoms. The van der Waals surface area contributed by atoms with Gasteiger partial charge in [0.25, 0.3) is 0 Å². The Hall–Kier alpha value is -0.860. The van der Waals surface area contributed by atoms with Gasteiger partial charge < -0.3 is 10.1 Å². The number of nitrogens with one attached hydrogen (secondary N) is 1. The highest BCUT2D eigenvalue weighted by atomic mass is 16.5. The van der Waals surface area contributed by atoms with E-state index >= 15 is 0 Å². The molecule has 0 amide bonds. The van der Waals surface area contributed by atoms with Gasteiger partial charge >= 0.3 is 0 Å². The summed E-state index contributed by atoms with van der Waals surface area (Å²) in [4.78, 5) is 0. The first-order chi connectivity index (χ1) is 8.18. The molecule has 1 fully saturated rings. The van der Waals surface area contributed by atoms with Crippen LogP contribution < -0.4 is 5.32 Å². The molecule has 1 N–H and O–H groups in total. The van der Waals surface area contributed by atoms with Gasteiger partial charge in [-0.3, -0.25) is 0 Å². The average molecular weight is 231 g/mol. The molecule has 1 aliphatic heterocycles. The van der Waals surface area contributed by atoms with Crippen molar-refractivity contribution in [1.29, 1.82) is 0 Å². The van der Waals surface area contributed by atoms with Gasteiger partial charge in [-0.15, -0.1) is 0 Å². The molecule has 92 valence electrons. The fourth-order valence-electron chi connectivity index (χ4n) is 3.21. The lowest BCUT2D eigenvalue weighted by Crippen LogP contribution is -2.56. The standard InChI is InChI=1S/C15H21NO/c1-3-14(2)10-16-11-15(17-14)9-8-12-6-4-5-7-13(12)15/h4-7,16H,3,8-11H2,1-2H3. The monoisotopic (exact) mass is 231 g/mol. The molecule has 0 aromatic heterocycles. The van der Waals surface area contributed by atoms with Crippen molar-refractivity contribution in [3.8, 4) is 0 Å². The molecule has 0 radical (unpaired) electrons. The van der Waals surface area contributed by atoms with E-state index < -0.39 is 0 Å². The first-order valence-electron chi connectivity index (χ1n) is 6.67. The van der Waals surface area contributed by atoms with E-state index in [9.17, 15) is 0 Å². The summed E-state index contributed by atoms with van der Waals surface area (Å²) in [5, 5.41) is 3.57. The van der Waals surface area contributed by atoms with Crippen LogP contribution in [0.1, 0.15) is 37.8 Å². The second-order valence-electron chi connectivity index (χ2n) is 5.66. The highest BCUT2D eigenvalue weighted by Crippen LogP contribution is 2.44. The molecule has 1 heterocycles. The van der Waals surface area contributed by atoms with Crippen molar-refractivity contribution in [2.24, 2.45) is 0 Å². The lowest BCUT2D eigenvalue weighted by molar-refractivity contribution is -0.176. The summed E-state index contributed by atoms with van der Waals surface area (Å²) < 4.78 is 6.54. The molecule has 2 atom stereocenters. The highest BCUT2D eigenvalue weighted by Gasteiger charge is 2.46. The minimum Gasteiger partial charge on any atom is -0.361 e. The van der Waals surface area contributed by atoms with Gasteiger partial charge in [0.15, 0.2) is 0 Å². The van der Waals surface area contributed by atoms with Crippen molar-refractivity contribution >= 4 is 0 Å². The van der Waals surface area contributed by atoms with Gasteiger partial charge in [0, 0.05) is 13.1 Å². The number of fused-ring (bicyclic) bond motifs is 2. The number of hydrogen-bond donors (Lipinski definition) is 1. The van der Waals surface area contributed by atoms with Gasteiger partial charge in [-0.1, -0.05) is 31.2 Å². The number of rotatable bonds is 1. The predicted molar refractivity (Wildman–Crippen MR) is 69.1 cm³/mol. The van der Waals surface area contributed by atoms with Crippen LogP contribution in [0.2, 0.25) is 0 Å². The number of aryl methyl sites for hydroxylation is 1. The number of hydrogen-bond acceptors (Lipinski definition) is 2. The van der Waals surface area contributed by atoms with Gasteiger partial charge in [0.1, 0.15) is 5.60 Å². The zero-order chi connectivity index (χ0) is 11.9. The van der Waals surface area contributed by atoms with Crippen molar-refractivity contribution in [3.63, 3.8) is 0 Å². The summed E-state index contributed by atoms with van der Waals surface area (Å²) in [5.41, 5.74) is 2.79. The van der Waals surface area contributed by atoms with Crippen LogP contribution in [0.15, 0.2) is 24.3 Å². The minimum atomic E-state index is -0.0698. The normalized spacial score (nSPS) is 36.1. The Morgan fingerprint density at radius 1 is 1.29 bits per heavy atom. The van der Waals surface area contributed by atoms with Gasteiger partial charge in [-0.05, 0) is 37.3 Å². The molecule has 2 heteroatoms. The van der Waals surface area contributed by atoms with E-state index in [1.807, 2.05) is 0 Å². The first-order valence-corrected chi connectivity index (χ1v) is 6.67. The van der Waals surface area contributed by atoms with Crippen LogP contribution in [-0.2, 0) is 16.8 Å². The van der Waals surface area contributed by atoms with Crippen LogP contribution >= 0.6 is 0 Å². The molecule has 1 saturated heterocycles. The third kappa shape index (κ3) is 1.71. The molecule has 3 rings (SSSR count). The molecule has 2 aliphatic rings. The van der Waals surface area contributed by atoms with Gasteiger partial charge in [-0.2, -0.15) is 0 Å². The van der Waals surface area contributed by atoms with Gasteiger partial charge in [0.05, 0.1) is 5.60 Å². The van der Waals surface area contributed by atoms with E-state index in [4.69, 9.17) is 4.74 Å². The Labute approximate surface area is 103 Å². The summed E-state index contributed by atoms with van der Waals surface area (Å²) in [7, 11) is 0. The summed E-state index contributed by atoms with van der Waals surface area (Å²) in [6, 6.07) is 8.75. The van der Waals surface area contributed by atoms with E-state index in [1.54, 1.807) is 0 Å². The van der Waals surface area contributed by atoms with Crippen LogP contribution in [0.25, 0.3) is 0 Å². The zero-order valence-electron chi connectivity index (χ0n) is 10.8. The van der Waals surface area contributed by atoms with E-state index in [-0.39, 0.29) is 11.2 Å². The van der Waals surface area contributed by atoms with Crippen LogP contribution in [-0.4, -0.2) is 18.7 Å². The Morgan fingerprint density at radius 2 is 2.12 bits per heavy atom. The van der Waals surface area contributed by atoms with Crippen molar-refractivity contribution < 1.29 is 4.74 Å². The molecule has 17 heavy (non-hydrogen) atoms. The van der Waals surface area contributed by atoms with Crippen molar-refractivity contribution in [2.45, 2.75) is 44.3 Å². The maximum Gasteiger partial charge on any atom is 0.107 e.